The number of nitrogen functional groups attached to an aromatic ring is 1. The molecular formula is C13H17N3O2S. The Bertz CT molecular complexity index is 698. The normalized spacial score (nSPS) is 11.7. The summed E-state index contributed by atoms with van der Waals surface area (Å²) in [5.41, 5.74) is 7.62. The van der Waals surface area contributed by atoms with Crippen molar-refractivity contribution in [3.63, 3.8) is 0 Å². The molecule has 0 fully saturated rings. The molecular weight excluding hydrogens is 262 g/mol. The maximum Gasteiger partial charge on any atom is 0.149 e. The fourth-order valence-electron chi connectivity index (χ4n) is 1.94. The van der Waals surface area contributed by atoms with E-state index in [9.17, 15) is 8.42 Å². The Morgan fingerprint density at radius 2 is 2.05 bits per heavy atom. The molecule has 5 nitrogen and oxygen atoms in total. The summed E-state index contributed by atoms with van der Waals surface area (Å²) in [6, 6.07) is 5.69. The number of rotatable bonds is 4. The van der Waals surface area contributed by atoms with Crippen molar-refractivity contribution in [2.24, 2.45) is 0 Å². The highest BCUT2D eigenvalue weighted by molar-refractivity contribution is 7.90. The topological polar surface area (TPSA) is 76.3 Å². The molecule has 0 aliphatic heterocycles. The summed E-state index contributed by atoms with van der Waals surface area (Å²) in [5.74, 6) is 0.108. The predicted molar refractivity (Wildman–Crippen MR) is 79.1 cm³/mol. The molecule has 2 aromatic rings. The molecule has 0 spiro atoms. The number of fused-ring (bicyclic) bond motifs is 1. The first kappa shape index (κ1) is 13.6. The van der Waals surface area contributed by atoms with Crippen LogP contribution < -0.4 is 10.6 Å². The smallest absolute Gasteiger partial charge is 0.149 e. The first-order valence-electron chi connectivity index (χ1n) is 5.89. The fourth-order valence-corrected chi connectivity index (χ4v) is 2.54. The molecule has 0 saturated carbocycles. The molecule has 1 aromatic heterocycles. The number of aromatic nitrogens is 1. The number of sulfone groups is 1. The van der Waals surface area contributed by atoms with E-state index >= 15 is 0 Å². The molecule has 0 radical (unpaired) electrons. The summed E-state index contributed by atoms with van der Waals surface area (Å²) in [7, 11) is -1.14. The monoisotopic (exact) mass is 279 g/mol. The highest BCUT2D eigenvalue weighted by atomic mass is 32.2. The number of anilines is 2. The zero-order valence-electron chi connectivity index (χ0n) is 11.0. The second kappa shape index (κ2) is 5.05. The van der Waals surface area contributed by atoms with Gasteiger partial charge in [-0.05, 0) is 12.1 Å². The largest absolute Gasteiger partial charge is 0.397 e. The molecule has 0 bridgehead atoms. The van der Waals surface area contributed by atoms with Gasteiger partial charge in [0.25, 0.3) is 0 Å². The second-order valence-corrected chi connectivity index (χ2v) is 6.91. The third-order valence-corrected chi connectivity index (χ3v) is 3.97. The molecule has 6 heteroatoms. The molecule has 1 heterocycles. The van der Waals surface area contributed by atoms with Gasteiger partial charge in [-0.3, -0.25) is 4.98 Å². The van der Waals surface area contributed by atoms with Crippen LogP contribution in [-0.4, -0.2) is 39.0 Å². The summed E-state index contributed by atoms with van der Waals surface area (Å²) in [6.45, 7) is 0.416. The van der Waals surface area contributed by atoms with Crippen molar-refractivity contribution in [2.45, 2.75) is 0 Å². The van der Waals surface area contributed by atoms with Gasteiger partial charge >= 0.3 is 0 Å². The summed E-state index contributed by atoms with van der Waals surface area (Å²) < 4.78 is 22.4. The zero-order valence-corrected chi connectivity index (χ0v) is 11.8. The third kappa shape index (κ3) is 3.14. The van der Waals surface area contributed by atoms with Crippen LogP contribution >= 0.6 is 0 Å². The lowest BCUT2D eigenvalue weighted by Gasteiger charge is -2.21. The third-order valence-electron chi connectivity index (χ3n) is 3.05. The van der Waals surface area contributed by atoms with Gasteiger partial charge in [0.2, 0.25) is 0 Å². The molecule has 2 rings (SSSR count). The SMILES string of the molecule is CN(CCS(C)(=O)=O)c1ccc2cnccc2c1N. The van der Waals surface area contributed by atoms with Crippen molar-refractivity contribution in [1.29, 1.82) is 0 Å². The van der Waals surface area contributed by atoms with Crippen LogP contribution in [0.5, 0.6) is 0 Å². The molecule has 0 unspecified atom stereocenters. The summed E-state index contributed by atoms with van der Waals surface area (Å²) in [5, 5.41) is 1.90. The van der Waals surface area contributed by atoms with E-state index in [0.29, 0.717) is 12.2 Å². The van der Waals surface area contributed by atoms with Gasteiger partial charge in [-0.25, -0.2) is 8.42 Å². The van der Waals surface area contributed by atoms with Crippen LogP contribution in [0.2, 0.25) is 0 Å². The van der Waals surface area contributed by atoms with Crippen LogP contribution in [0.3, 0.4) is 0 Å². The van der Waals surface area contributed by atoms with Crippen molar-refractivity contribution >= 4 is 32.0 Å². The average molecular weight is 279 g/mol. The van der Waals surface area contributed by atoms with Crippen molar-refractivity contribution in [1.82, 2.24) is 4.98 Å². The quantitative estimate of drug-likeness (QED) is 0.854. The number of benzene rings is 1. The molecule has 102 valence electrons. The van der Waals surface area contributed by atoms with Crippen LogP contribution in [0, 0.1) is 0 Å². The van der Waals surface area contributed by atoms with Crippen LogP contribution in [0.4, 0.5) is 11.4 Å². The Morgan fingerprint density at radius 1 is 1.32 bits per heavy atom. The lowest BCUT2D eigenvalue weighted by atomic mass is 10.1. The van der Waals surface area contributed by atoms with E-state index in [1.54, 1.807) is 12.4 Å². The molecule has 0 saturated heterocycles. The van der Waals surface area contributed by atoms with Gasteiger partial charge in [-0.1, -0.05) is 6.07 Å². The predicted octanol–water partition coefficient (Wildman–Crippen LogP) is 1.30. The van der Waals surface area contributed by atoms with Crippen molar-refractivity contribution in [3.05, 3.63) is 30.6 Å². The van der Waals surface area contributed by atoms with E-state index in [4.69, 9.17) is 5.73 Å². The number of hydrogen-bond donors (Lipinski definition) is 1. The molecule has 0 atom stereocenters. The van der Waals surface area contributed by atoms with Gasteiger partial charge in [-0.15, -0.1) is 0 Å². The zero-order chi connectivity index (χ0) is 14.0. The van der Waals surface area contributed by atoms with Gasteiger partial charge in [0.1, 0.15) is 9.84 Å². The van der Waals surface area contributed by atoms with Gasteiger partial charge in [0.15, 0.2) is 0 Å². The molecule has 1 aromatic carbocycles. The molecule has 0 aliphatic rings. The number of nitrogens with zero attached hydrogens (tertiary/aromatic N) is 2. The second-order valence-electron chi connectivity index (χ2n) is 4.65. The Hall–Kier alpha value is -1.82. The molecule has 19 heavy (non-hydrogen) atoms. The van der Waals surface area contributed by atoms with Crippen LogP contribution in [-0.2, 0) is 9.84 Å². The lowest BCUT2D eigenvalue weighted by Crippen LogP contribution is -2.25. The van der Waals surface area contributed by atoms with E-state index in [-0.39, 0.29) is 5.75 Å². The summed E-state index contributed by atoms with van der Waals surface area (Å²) >= 11 is 0. The first-order valence-corrected chi connectivity index (χ1v) is 7.95. The standard InChI is InChI=1S/C13H17N3O2S/c1-16(7-8-19(2,17)18)12-4-3-10-9-15-6-5-11(10)13(12)14/h3-6,9H,7-8,14H2,1-2H3. The molecule has 0 aliphatic carbocycles. The first-order chi connectivity index (χ1) is 8.88. The minimum absolute atomic E-state index is 0.108. The summed E-state index contributed by atoms with van der Waals surface area (Å²) in [4.78, 5) is 5.91. The Morgan fingerprint density at radius 3 is 2.74 bits per heavy atom. The van der Waals surface area contributed by atoms with Crippen molar-refractivity contribution in [3.8, 4) is 0 Å². The maximum absolute atomic E-state index is 11.2. The highest BCUT2D eigenvalue weighted by Gasteiger charge is 2.11. The van der Waals surface area contributed by atoms with Gasteiger partial charge in [-0.2, -0.15) is 0 Å². The van der Waals surface area contributed by atoms with Crippen LogP contribution in [0.15, 0.2) is 30.6 Å². The van der Waals surface area contributed by atoms with E-state index in [2.05, 4.69) is 4.98 Å². The number of hydrogen-bond acceptors (Lipinski definition) is 5. The van der Waals surface area contributed by atoms with Gasteiger partial charge in [0.05, 0.1) is 17.1 Å². The van der Waals surface area contributed by atoms with Crippen LogP contribution in [0.25, 0.3) is 10.8 Å². The molecule has 0 amide bonds. The number of nitrogens with two attached hydrogens (primary N) is 1. The Labute approximate surface area is 113 Å². The van der Waals surface area contributed by atoms with E-state index in [1.165, 1.54) is 6.26 Å². The van der Waals surface area contributed by atoms with E-state index in [1.807, 2.05) is 30.1 Å². The summed E-state index contributed by atoms with van der Waals surface area (Å²) in [6.07, 6.45) is 4.68. The fraction of sp³-hybridized carbons (Fsp3) is 0.308. The average Bonchev–Trinajstić information content (AvgIpc) is 2.36. The minimum atomic E-state index is -2.98. The Balaban J connectivity index is 2.32. The van der Waals surface area contributed by atoms with Crippen molar-refractivity contribution < 1.29 is 8.42 Å². The Kier molecular flexibility index (Phi) is 3.61. The lowest BCUT2D eigenvalue weighted by molar-refractivity contribution is 0.601. The van der Waals surface area contributed by atoms with Crippen molar-refractivity contribution in [2.75, 3.05) is 36.2 Å². The maximum atomic E-state index is 11.2. The number of pyridine rings is 1. The highest BCUT2D eigenvalue weighted by Crippen LogP contribution is 2.30. The minimum Gasteiger partial charge on any atom is -0.397 e. The van der Waals surface area contributed by atoms with Crippen LogP contribution in [0.1, 0.15) is 0 Å². The van der Waals surface area contributed by atoms with Gasteiger partial charge in [0, 0.05) is 43.0 Å². The van der Waals surface area contributed by atoms with Gasteiger partial charge < -0.3 is 10.6 Å². The van der Waals surface area contributed by atoms with E-state index < -0.39 is 9.84 Å². The molecule has 2 N–H and O–H groups in total. The van der Waals surface area contributed by atoms with E-state index in [0.717, 1.165) is 16.5 Å².